The SMILES string of the molecule is CCS(=O)(=O)N(C)CC(=O)NC(C)(C(=O)O)c1ccc(Cl)c(Cl)c1. The Labute approximate surface area is 150 Å². The highest BCUT2D eigenvalue weighted by atomic mass is 35.5. The lowest BCUT2D eigenvalue weighted by molar-refractivity contribution is -0.147. The van der Waals surface area contributed by atoms with E-state index in [0.717, 1.165) is 4.31 Å². The molecule has 0 bridgehead atoms. The maximum absolute atomic E-state index is 12.1. The Morgan fingerprint density at radius 2 is 1.88 bits per heavy atom. The molecule has 0 aliphatic carbocycles. The fraction of sp³-hybridized carbons (Fsp3) is 0.429. The molecule has 0 fully saturated rings. The zero-order chi connectivity index (χ0) is 18.7. The smallest absolute Gasteiger partial charge is 0.333 e. The number of hydrogen-bond donors (Lipinski definition) is 2. The van der Waals surface area contributed by atoms with E-state index in [-0.39, 0.29) is 21.4 Å². The number of rotatable bonds is 7. The number of carbonyl (C=O) groups excluding carboxylic acids is 1. The van der Waals surface area contributed by atoms with Crippen molar-refractivity contribution in [2.45, 2.75) is 19.4 Å². The molecule has 1 rings (SSSR count). The van der Waals surface area contributed by atoms with Crippen molar-refractivity contribution < 1.29 is 23.1 Å². The van der Waals surface area contributed by atoms with Gasteiger partial charge >= 0.3 is 5.97 Å². The third-order valence-corrected chi connectivity index (χ3v) is 6.07. The standard InChI is InChI=1S/C14H18Cl2N2O5S/c1-4-24(22,23)18(3)8-12(19)17-14(2,13(20)21)9-5-6-10(15)11(16)7-9/h5-7H,4,8H2,1-3H3,(H,17,19)(H,20,21). The molecule has 0 aliphatic rings. The second kappa shape index (κ2) is 7.69. The zero-order valence-corrected chi connectivity index (χ0v) is 15.7. The number of carboxylic acid groups (broad SMARTS) is 1. The second-order valence-electron chi connectivity index (χ2n) is 5.26. The van der Waals surface area contributed by atoms with Crippen molar-refractivity contribution >= 4 is 45.1 Å². The number of carboxylic acids is 1. The van der Waals surface area contributed by atoms with E-state index < -0.39 is 34.0 Å². The van der Waals surface area contributed by atoms with Gasteiger partial charge in [0.1, 0.15) is 0 Å². The van der Waals surface area contributed by atoms with Gasteiger partial charge in [0.05, 0.1) is 22.3 Å². The van der Waals surface area contributed by atoms with Gasteiger partial charge in [-0.2, -0.15) is 4.31 Å². The summed E-state index contributed by atoms with van der Waals surface area (Å²) in [7, 11) is -2.31. The summed E-state index contributed by atoms with van der Waals surface area (Å²) in [5.41, 5.74) is -1.58. The van der Waals surface area contributed by atoms with Crippen LogP contribution in [0.1, 0.15) is 19.4 Å². The molecule has 2 N–H and O–H groups in total. The lowest BCUT2D eigenvalue weighted by Crippen LogP contribution is -2.52. The maximum Gasteiger partial charge on any atom is 0.333 e. The summed E-state index contributed by atoms with van der Waals surface area (Å²) in [5, 5.41) is 12.2. The van der Waals surface area contributed by atoms with Crippen molar-refractivity contribution in [3.05, 3.63) is 33.8 Å². The quantitative estimate of drug-likeness (QED) is 0.729. The van der Waals surface area contributed by atoms with Crippen LogP contribution in [0.5, 0.6) is 0 Å². The molecule has 0 saturated carbocycles. The Bertz CT molecular complexity index is 754. The lowest BCUT2D eigenvalue weighted by Gasteiger charge is -2.28. The van der Waals surface area contributed by atoms with Gasteiger partial charge in [0, 0.05) is 7.05 Å². The number of amides is 1. The molecule has 1 amide bonds. The van der Waals surface area contributed by atoms with Gasteiger partial charge in [0.2, 0.25) is 15.9 Å². The van der Waals surface area contributed by atoms with Crippen LogP contribution in [0.25, 0.3) is 0 Å². The van der Waals surface area contributed by atoms with E-state index in [1.165, 1.54) is 39.1 Å². The van der Waals surface area contributed by atoms with Crippen molar-refractivity contribution in [2.24, 2.45) is 0 Å². The van der Waals surface area contributed by atoms with Crippen molar-refractivity contribution in [2.75, 3.05) is 19.3 Å². The molecule has 1 unspecified atom stereocenters. The van der Waals surface area contributed by atoms with Crippen LogP contribution >= 0.6 is 23.2 Å². The van der Waals surface area contributed by atoms with Crippen molar-refractivity contribution in [3.63, 3.8) is 0 Å². The molecular weight excluding hydrogens is 379 g/mol. The Morgan fingerprint density at radius 1 is 1.29 bits per heavy atom. The predicted octanol–water partition coefficient (Wildman–Crippen LogP) is 1.69. The molecule has 0 spiro atoms. The van der Waals surface area contributed by atoms with Gasteiger partial charge in [-0.25, -0.2) is 13.2 Å². The summed E-state index contributed by atoms with van der Waals surface area (Å²) in [5.74, 6) is -2.25. The maximum atomic E-state index is 12.1. The van der Waals surface area contributed by atoms with E-state index in [1.807, 2.05) is 0 Å². The van der Waals surface area contributed by atoms with Gasteiger partial charge < -0.3 is 10.4 Å². The van der Waals surface area contributed by atoms with Gasteiger partial charge in [-0.1, -0.05) is 29.3 Å². The first kappa shape index (κ1) is 20.7. The van der Waals surface area contributed by atoms with Gasteiger partial charge in [0.15, 0.2) is 5.54 Å². The van der Waals surface area contributed by atoms with Crippen molar-refractivity contribution in [1.29, 1.82) is 0 Å². The normalized spacial score (nSPS) is 14.2. The van der Waals surface area contributed by atoms with Crippen LogP contribution in [0.2, 0.25) is 10.0 Å². The average Bonchev–Trinajstić information content (AvgIpc) is 2.49. The summed E-state index contributed by atoms with van der Waals surface area (Å²) in [4.78, 5) is 23.8. The van der Waals surface area contributed by atoms with Crippen LogP contribution < -0.4 is 5.32 Å². The van der Waals surface area contributed by atoms with Crippen molar-refractivity contribution in [3.8, 4) is 0 Å². The molecule has 134 valence electrons. The number of nitrogens with zero attached hydrogens (tertiary/aromatic N) is 1. The van der Waals surface area contributed by atoms with Gasteiger partial charge in [-0.3, -0.25) is 4.79 Å². The largest absolute Gasteiger partial charge is 0.479 e. The number of likely N-dealkylation sites (N-methyl/N-ethyl adjacent to an activating group) is 1. The number of sulfonamides is 1. The minimum absolute atomic E-state index is 0.140. The van der Waals surface area contributed by atoms with Gasteiger partial charge in [-0.15, -0.1) is 0 Å². The van der Waals surface area contributed by atoms with Crippen LogP contribution in [0.3, 0.4) is 0 Å². The average molecular weight is 397 g/mol. The highest BCUT2D eigenvalue weighted by molar-refractivity contribution is 7.89. The first-order valence-corrected chi connectivity index (χ1v) is 9.24. The fourth-order valence-electron chi connectivity index (χ4n) is 1.90. The number of halogens is 2. The topological polar surface area (TPSA) is 104 Å². The van der Waals surface area contributed by atoms with E-state index in [1.54, 1.807) is 0 Å². The second-order valence-corrected chi connectivity index (χ2v) is 8.44. The molecule has 1 aromatic rings. The molecule has 10 heteroatoms. The Morgan fingerprint density at radius 3 is 2.33 bits per heavy atom. The van der Waals surface area contributed by atoms with E-state index >= 15 is 0 Å². The third-order valence-electron chi connectivity index (χ3n) is 3.52. The lowest BCUT2D eigenvalue weighted by atomic mass is 9.92. The highest BCUT2D eigenvalue weighted by Crippen LogP contribution is 2.29. The first-order chi connectivity index (χ1) is 10.9. The molecule has 1 aromatic carbocycles. The summed E-state index contributed by atoms with van der Waals surface area (Å²) < 4.78 is 24.2. The van der Waals surface area contributed by atoms with E-state index in [2.05, 4.69) is 5.32 Å². The van der Waals surface area contributed by atoms with Crippen molar-refractivity contribution in [1.82, 2.24) is 9.62 Å². The molecule has 0 aliphatic heterocycles. The molecule has 0 saturated heterocycles. The molecule has 7 nitrogen and oxygen atoms in total. The Kier molecular flexibility index (Phi) is 6.63. The number of carbonyl (C=O) groups is 2. The summed E-state index contributed by atoms with van der Waals surface area (Å²) >= 11 is 11.7. The minimum Gasteiger partial charge on any atom is -0.479 e. The molecule has 0 radical (unpaired) electrons. The summed E-state index contributed by atoms with van der Waals surface area (Å²) in [6, 6.07) is 4.18. The van der Waals surface area contributed by atoms with Crippen LogP contribution in [0, 0.1) is 0 Å². The molecule has 1 atom stereocenters. The Hall–Kier alpha value is -1.35. The number of hydrogen-bond acceptors (Lipinski definition) is 4. The highest BCUT2D eigenvalue weighted by Gasteiger charge is 2.37. The number of nitrogens with one attached hydrogen (secondary N) is 1. The van der Waals surface area contributed by atoms with E-state index in [0.29, 0.717) is 0 Å². The van der Waals surface area contributed by atoms with E-state index in [4.69, 9.17) is 23.2 Å². The van der Waals surface area contributed by atoms with Crippen LogP contribution in [0.15, 0.2) is 18.2 Å². The van der Waals surface area contributed by atoms with Crippen LogP contribution in [-0.2, 0) is 25.2 Å². The molecule has 0 aromatic heterocycles. The summed E-state index contributed by atoms with van der Waals surface area (Å²) in [6.07, 6.45) is 0. The van der Waals surface area contributed by atoms with Crippen LogP contribution in [-0.4, -0.2) is 49.1 Å². The first-order valence-electron chi connectivity index (χ1n) is 6.88. The summed E-state index contributed by atoms with van der Waals surface area (Å²) in [6.45, 7) is 2.22. The fourth-order valence-corrected chi connectivity index (χ4v) is 2.95. The van der Waals surface area contributed by atoms with Gasteiger partial charge in [-0.05, 0) is 31.5 Å². The predicted molar refractivity (Wildman–Crippen MR) is 91.7 cm³/mol. The molecular formula is C14H18Cl2N2O5S. The van der Waals surface area contributed by atoms with E-state index in [9.17, 15) is 23.1 Å². The molecule has 0 heterocycles. The third kappa shape index (κ3) is 4.60. The Balaban J connectivity index is 3.07. The monoisotopic (exact) mass is 396 g/mol. The van der Waals surface area contributed by atoms with Crippen LogP contribution in [0.4, 0.5) is 0 Å². The zero-order valence-electron chi connectivity index (χ0n) is 13.3. The number of aliphatic carboxylic acids is 1. The molecule has 24 heavy (non-hydrogen) atoms. The number of benzene rings is 1. The van der Waals surface area contributed by atoms with Gasteiger partial charge in [0.25, 0.3) is 0 Å². The minimum atomic E-state index is -3.56.